The maximum Gasteiger partial charge on any atom is 0.397 e. The van der Waals surface area contributed by atoms with Gasteiger partial charge in [0.1, 0.15) is 72.1 Å². The fourth-order valence-corrected chi connectivity index (χ4v) is 17.9. The number of morpholine rings is 1. The molecule has 8 aliphatic rings. The van der Waals surface area contributed by atoms with Crippen molar-refractivity contribution in [3.8, 4) is 0 Å². The minimum absolute atomic E-state index is 0.00554. The maximum atomic E-state index is 15.7. The molecule has 4 saturated carbocycles. The molecule has 0 aromatic rings. The summed E-state index contributed by atoms with van der Waals surface area (Å²) in [6.07, 6.45) is -13.1. The predicted octanol–water partition coefficient (Wildman–Crippen LogP) is 6.08. The lowest BCUT2D eigenvalue weighted by Crippen LogP contribution is -2.65. The molecule has 8 fully saturated rings. The standard InChI is InChI=1S/C74H114F8N12O13/c1-10-44(3)61-69(104)87(5)43-59(97)89(7)54-22-13-12-18-32-94(68(54)103)56(40-45-24-27-48(28-25-45)73(77,78)79)66(101)86(4)42-57(95)83-51(29-26-46-38-49(75)60(50(76)39-46)74(80,81)82)65(100)93-33-19-23-53(93)64(99)85-72(30-16-17-31-72)71(106)91(9)62(47-20-14-15-21-47)70(105)90(8)55(67(102)92-34-36-107-37-35-92)41-58(96)88(6)52(11-2)63(98)84-61/h44-56,60-62H,10-43H2,1-9H3,(H,83,95)(H,84,98)(H,85,99)/t44-,45?,46?,48?,49?,50?,51-,52-,53-,54-,55-,56-,60?,61-,62-/m0/s1. The van der Waals surface area contributed by atoms with Crippen molar-refractivity contribution in [1.29, 1.82) is 0 Å². The number of amides is 12. The molecule has 107 heavy (non-hydrogen) atoms. The minimum Gasteiger partial charge on any atom is -0.378 e. The van der Waals surface area contributed by atoms with Gasteiger partial charge in [-0.3, -0.25) is 57.5 Å². The van der Waals surface area contributed by atoms with Gasteiger partial charge in [0.15, 0.2) is 0 Å². The number of carbonyl (C=O) groups excluding carboxylic acids is 12. The Morgan fingerprint density at radius 3 is 1.76 bits per heavy atom. The summed E-state index contributed by atoms with van der Waals surface area (Å²) < 4.78 is 121. The second-order valence-electron chi connectivity index (χ2n) is 31.7. The lowest BCUT2D eigenvalue weighted by atomic mass is 9.76. The van der Waals surface area contributed by atoms with Gasteiger partial charge in [-0.25, -0.2) is 8.78 Å². The molecule has 0 aromatic carbocycles. The number of likely N-dealkylation sites (N-methyl/N-ethyl adjacent to an activating group) is 6. The molecule has 25 nitrogen and oxygen atoms in total. The van der Waals surface area contributed by atoms with E-state index in [0.717, 1.165) is 19.6 Å². The molecule has 604 valence electrons. The van der Waals surface area contributed by atoms with E-state index in [4.69, 9.17) is 4.74 Å². The Balaban J connectivity index is 1.18. The van der Waals surface area contributed by atoms with E-state index in [-0.39, 0.29) is 116 Å². The second-order valence-corrected chi connectivity index (χ2v) is 31.7. The Kier molecular flexibility index (Phi) is 29.7. The largest absolute Gasteiger partial charge is 0.397 e. The van der Waals surface area contributed by atoms with Crippen molar-refractivity contribution in [3.63, 3.8) is 0 Å². The maximum absolute atomic E-state index is 15.7. The average molecular weight is 1530 g/mol. The van der Waals surface area contributed by atoms with Gasteiger partial charge in [0.25, 0.3) is 0 Å². The van der Waals surface area contributed by atoms with E-state index in [9.17, 15) is 55.1 Å². The Morgan fingerprint density at radius 1 is 0.561 bits per heavy atom. The summed E-state index contributed by atoms with van der Waals surface area (Å²) >= 11 is 0. The third-order valence-corrected chi connectivity index (χ3v) is 24.6. The summed E-state index contributed by atoms with van der Waals surface area (Å²) in [5.41, 5.74) is -1.67. The zero-order chi connectivity index (χ0) is 78.7. The summed E-state index contributed by atoms with van der Waals surface area (Å²) in [5.74, 6) is -16.2. The van der Waals surface area contributed by atoms with E-state index < -0.39 is 224 Å². The third-order valence-electron chi connectivity index (χ3n) is 24.6. The van der Waals surface area contributed by atoms with E-state index in [1.807, 2.05) is 0 Å². The molecule has 0 radical (unpaired) electrons. The zero-order valence-corrected chi connectivity index (χ0v) is 63.6. The number of carbonyl (C=O) groups is 12. The molecule has 4 saturated heterocycles. The van der Waals surface area contributed by atoms with Crippen LogP contribution in [0.25, 0.3) is 0 Å². The minimum atomic E-state index is -5.20. The number of fused-ring (bicyclic) bond motifs is 3. The molecule has 2 bridgehead atoms. The van der Waals surface area contributed by atoms with Crippen molar-refractivity contribution in [2.24, 2.45) is 35.5 Å². The summed E-state index contributed by atoms with van der Waals surface area (Å²) in [7, 11) is 8.12. The van der Waals surface area contributed by atoms with Gasteiger partial charge < -0.3 is 64.8 Å². The monoisotopic (exact) mass is 1530 g/mol. The lowest BCUT2D eigenvalue weighted by molar-refractivity contribution is -0.219. The first kappa shape index (κ1) is 85.6. The van der Waals surface area contributed by atoms with E-state index >= 15 is 37.5 Å². The molecule has 8 rings (SSSR count). The number of rotatable bonds is 10. The SMILES string of the molecule is CC[C@H](C)[C@@H]1NC(=O)[C@H](CC)N(C)C(=O)C[C@@H](C(=O)N2CCOCC2)N(C)C(=O)[C@H](C2CCCC2)N(C)C(=O)C2(CCCC2)NC(=O)[C@@H]2CCCN2C(=O)[C@H](CCC2CC(F)C(C(F)(F)F)C(F)C2)NC(=O)CN(C)C(=O)[C@H](CC2CCC(C(F)(F)F)CC2)N2CCCCC[C@@H](C2=O)N(C)C(=O)CN(C)C1=O. The molecular weight excluding hydrogens is 1420 g/mol. The van der Waals surface area contributed by atoms with Crippen LogP contribution in [-0.4, -0.2) is 288 Å². The van der Waals surface area contributed by atoms with Crippen LogP contribution in [0.4, 0.5) is 35.1 Å². The van der Waals surface area contributed by atoms with Gasteiger partial charge in [-0.1, -0.05) is 65.7 Å². The van der Waals surface area contributed by atoms with Crippen LogP contribution in [0, 0.1) is 35.5 Å². The van der Waals surface area contributed by atoms with Crippen LogP contribution in [0.3, 0.4) is 0 Å². The van der Waals surface area contributed by atoms with Crippen LogP contribution in [0.1, 0.15) is 188 Å². The van der Waals surface area contributed by atoms with Crippen molar-refractivity contribution in [1.82, 2.24) is 60.0 Å². The first-order valence-corrected chi connectivity index (χ1v) is 38.8. The van der Waals surface area contributed by atoms with E-state index in [1.165, 1.54) is 66.8 Å². The predicted molar refractivity (Wildman–Crippen MR) is 375 cm³/mol. The number of alkyl halides is 8. The summed E-state index contributed by atoms with van der Waals surface area (Å²) in [6.45, 7) is 4.06. The highest BCUT2D eigenvalue weighted by Gasteiger charge is 2.56. The molecular formula is C74H114F8N12O13. The molecule has 2 unspecified atom stereocenters. The zero-order valence-electron chi connectivity index (χ0n) is 63.6. The first-order valence-electron chi connectivity index (χ1n) is 38.8. The normalized spacial score (nSPS) is 32.3. The molecule has 0 aromatic heterocycles. The summed E-state index contributed by atoms with van der Waals surface area (Å²) in [4.78, 5) is 192. The van der Waals surface area contributed by atoms with E-state index in [2.05, 4.69) is 16.0 Å². The highest BCUT2D eigenvalue weighted by molar-refractivity contribution is 6.01. The molecule has 11 atom stereocenters. The molecule has 4 aliphatic heterocycles. The van der Waals surface area contributed by atoms with Gasteiger partial charge in [0.05, 0.1) is 38.6 Å². The van der Waals surface area contributed by atoms with Crippen LogP contribution in [0.15, 0.2) is 0 Å². The van der Waals surface area contributed by atoms with Crippen molar-refractivity contribution in [3.05, 3.63) is 0 Å². The van der Waals surface area contributed by atoms with Gasteiger partial charge in [-0.2, -0.15) is 26.3 Å². The Morgan fingerprint density at radius 2 is 1.16 bits per heavy atom. The molecule has 33 heteroatoms. The van der Waals surface area contributed by atoms with E-state index in [1.54, 1.807) is 20.8 Å². The van der Waals surface area contributed by atoms with Gasteiger partial charge >= 0.3 is 12.4 Å². The number of hydrogen-bond donors (Lipinski definition) is 3. The number of hydrogen-bond acceptors (Lipinski definition) is 13. The second kappa shape index (κ2) is 37.2. The molecule has 3 N–H and O–H groups in total. The lowest BCUT2D eigenvalue weighted by Gasteiger charge is -2.42. The molecule has 1 spiro atoms. The fraction of sp³-hybridized carbons (Fsp3) is 0.838. The average Bonchev–Trinajstić information content (AvgIpc) is 1.71. The van der Waals surface area contributed by atoms with Crippen molar-refractivity contribution in [2.75, 3.05) is 94.8 Å². The van der Waals surface area contributed by atoms with Crippen LogP contribution < -0.4 is 16.0 Å². The first-order chi connectivity index (χ1) is 50.4. The Labute approximate surface area is 622 Å². The Bertz CT molecular complexity index is 3150. The Hall–Kier alpha value is -6.96. The van der Waals surface area contributed by atoms with Crippen molar-refractivity contribution >= 4 is 70.9 Å². The van der Waals surface area contributed by atoms with E-state index in [0.29, 0.717) is 64.2 Å². The third kappa shape index (κ3) is 20.5. The summed E-state index contributed by atoms with van der Waals surface area (Å²) in [5, 5.41) is 8.47. The van der Waals surface area contributed by atoms with Crippen LogP contribution >= 0.6 is 0 Å². The van der Waals surface area contributed by atoms with Crippen molar-refractivity contribution < 1.29 is 97.4 Å². The number of nitrogens with one attached hydrogen (secondary N) is 3. The molecule has 4 aliphatic carbocycles. The highest BCUT2D eigenvalue weighted by Crippen LogP contribution is 2.46. The number of ether oxygens (including phenoxy) is 1. The van der Waals surface area contributed by atoms with Crippen LogP contribution in [-0.2, 0) is 62.3 Å². The molecule has 12 amide bonds. The number of halogens is 8. The van der Waals surface area contributed by atoms with Gasteiger partial charge in [-0.05, 0) is 139 Å². The molecule has 4 heterocycles. The highest BCUT2D eigenvalue weighted by atomic mass is 19.4. The van der Waals surface area contributed by atoms with Crippen molar-refractivity contribution in [2.45, 2.75) is 266 Å². The topological polar surface area (TPSA) is 279 Å². The van der Waals surface area contributed by atoms with Gasteiger partial charge in [-0.15, -0.1) is 0 Å². The smallest absolute Gasteiger partial charge is 0.378 e. The summed E-state index contributed by atoms with van der Waals surface area (Å²) in [6, 6.07) is -11.0. The van der Waals surface area contributed by atoms with Crippen LogP contribution in [0.5, 0.6) is 0 Å². The van der Waals surface area contributed by atoms with Gasteiger partial charge in [0, 0.05) is 68.5 Å². The quantitative estimate of drug-likeness (QED) is 0.209. The van der Waals surface area contributed by atoms with Gasteiger partial charge in [0.2, 0.25) is 70.9 Å². The number of nitrogens with zero attached hydrogens (tertiary/aromatic N) is 9. The fourth-order valence-electron chi connectivity index (χ4n) is 17.9. The van der Waals surface area contributed by atoms with Crippen LogP contribution in [0.2, 0.25) is 0 Å².